The Morgan fingerprint density at radius 3 is 2.42 bits per heavy atom. The van der Waals surface area contributed by atoms with E-state index >= 15 is 0 Å². The summed E-state index contributed by atoms with van der Waals surface area (Å²) < 4.78 is 0. The Balaban J connectivity index is 1.51. The molecule has 3 aromatic rings. The van der Waals surface area contributed by atoms with E-state index in [9.17, 15) is 0 Å². The number of benzene rings is 2. The quantitative estimate of drug-likeness (QED) is 0.570. The standard InChI is InChI=1S/C23H23ClN2/c1-26(16-18-5-3-2-4-6-18)17-23(12-13-23)20-11-14-25-22(15-20)19-7-9-21(24)10-8-19/h2-11,14-15H,12-13,16-17H2,1H3. The second kappa shape index (κ2) is 7.22. The smallest absolute Gasteiger partial charge is 0.0704 e. The third-order valence-electron chi connectivity index (χ3n) is 5.23. The van der Waals surface area contributed by atoms with Gasteiger partial charge in [0.1, 0.15) is 0 Å². The predicted octanol–water partition coefficient (Wildman–Crippen LogP) is 5.57. The van der Waals surface area contributed by atoms with Crippen LogP contribution in [0.3, 0.4) is 0 Å². The molecule has 3 heteroatoms. The van der Waals surface area contributed by atoms with Crippen molar-refractivity contribution < 1.29 is 0 Å². The van der Waals surface area contributed by atoms with Crippen LogP contribution in [0.1, 0.15) is 24.0 Å². The zero-order valence-corrected chi connectivity index (χ0v) is 15.8. The van der Waals surface area contributed by atoms with Crippen molar-refractivity contribution >= 4 is 11.6 Å². The van der Waals surface area contributed by atoms with Gasteiger partial charge in [-0.25, -0.2) is 0 Å². The molecule has 1 aliphatic carbocycles. The summed E-state index contributed by atoms with van der Waals surface area (Å²) in [6, 6.07) is 23.0. The molecule has 1 heterocycles. The van der Waals surface area contributed by atoms with Gasteiger partial charge < -0.3 is 4.90 Å². The minimum atomic E-state index is 0.271. The van der Waals surface area contributed by atoms with E-state index in [0.717, 1.165) is 29.4 Å². The van der Waals surface area contributed by atoms with E-state index in [1.54, 1.807) is 0 Å². The summed E-state index contributed by atoms with van der Waals surface area (Å²) in [5.41, 5.74) is 5.17. The largest absolute Gasteiger partial charge is 0.301 e. The molecule has 2 aromatic carbocycles. The summed E-state index contributed by atoms with van der Waals surface area (Å²) >= 11 is 6.01. The summed E-state index contributed by atoms with van der Waals surface area (Å²) in [5, 5.41) is 0.756. The fraction of sp³-hybridized carbons (Fsp3) is 0.261. The van der Waals surface area contributed by atoms with Gasteiger partial charge in [-0.05, 0) is 55.3 Å². The minimum absolute atomic E-state index is 0.271. The lowest BCUT2D eigenvalue weighted by atomic mass is 9.94. The zero-order chi connectivity index (χ0) is 18.0. The van der Waals surface area contributed by atoms with Gasteiger partial charge in [0.05, 0.1) is 5.69 Å². The number of likely N-dealkylation sites (N-methyl/N-ethyl adjacent to an activating group) is 1. The molecule has 0 radical (unpaired) electrons. The Morgan fingerprint density at radius 1 is 1.00 bits per heavy atom. The van der Waals surface area contributed by atoms with Gasteiger partial charge in [0.15, 0.2) is 0 Å². The van der Waals surface area contributed by atoms with Gasteiger partial charge in [0.2, 0.25) is 0 Å². The molecule has 0 aliphatic heterocycles. The Labute approximate surface area is 160 Å². The molecule has 2 nitrogen and oxygen atoms in total. The highest BCUT2D eigenvalue weighted by Gasteiger charge is 2.45. The van der Waals surface area contributed by atoms with E-state index in [4.69, 9.17) is 11.6 Å². The average Bonchev–Trinajstić information content (AvgIpc) is 3.44. The molecule has 132 valence electrons. The second-order valence-electron chi connectivity index (χ2n) is 7.37. The lowest BCUT2D eigenvalue weighted by Gasteiger charge is -2.24. The van der Waals surface area contributed by atoms with Gasteiger partial charge in [0, 0.05) is 35.3 Å². The molecule has 0 saturated heterocycles. The maximum Gasteiger partial charge on any atom is 0.0704 e. The van der Waals surface area contributed by atoms with Gasteiger partial charge in [-0.1, -0.05) is 54.1 Å². The van der Waals surface area contributed by atoms with E-state index < -0.39 is 0 Å². The van der Waals surface area contributed by atoms with E-state index in [1.165, 1.54) is 24.0 Å². The first kappa shape index (κ1) is 17.3. The van der Waals surface area contributed by atoms with Crippen molar-refractivity contribution in [1.29, 1.82) is 0 Å². The maximum absolute atomic E-state index is 6.01. The topological polar surface area (TPSA) is 16.1 Å². The summed E-state index contributed by atoms with van der Waals surface area (Å²) in [4.78, 5) is 7.01. The van der Waals surface area contributed by atoms with E-state index in [2.05, 4.69) is 59.4 Å². The van der Waals surface area contributed by atoms with Crippen molar-refractivity contribution in [3.63, 3.8) is 0 Å². The maximum atomic E-state index is 6.01. The van der Waals surface area contributed by atoms with Crippen LogP contribution in [0.25, 0.3) is 11.3 Å². The fourth-order valence-electron chi connectivity index (χ4n) is 3.70. The summed E-state index contributed by atoms with van der Waals surface area (Å²) in [6.07, 6.45) is 4.43. The Hall–Kier alpha value is -2.16. The van der Waals surface area contributed by atoms with Gasteiger partial charge in [-0.3, -0.25) is 4.98 Å². The number of rotatable bonds is 6. The SMILES string of the molecule is CN(Cc1ccccc1)CC1(c2ccnc(-c3ccc(Cl)cc3)c2)CC1. The zero-order valence-electron chi connectivity index (χ0n) is 15.0. The molecule has 1 fully saturated rings. The first-order valence-corrected chi connectivity index (χ1v) is 9.47. The van der Waals surface area contributed by atoms with Gasteiger partial charge >= 0.3 is 0 Å². The number of halogens is 1. The molecular weight excluding hydrogens is 340 g/mol. The minimum Gasteiger partial charge on any atom is -0.301 e. The first-order valence-electron chi connectivity index (χ1n) is 9.10. The van der Waals surface area contributed by atoms with Crippen LogP contribution in [0.2, 0.25) is 5.02 Å². The molecule has 26 heavy (non-hydrogen) atoms. The van der Waals surface area contributed by atoms with Gasteiger partial charge in [-0.15, -0.1) is 0 Å². The molecule has 1 aliphatic rings. The number of hydrogen-bond acceptors (Lipinski definition) is 2. The Bertz CT molecular complexity index is 870. The third-order valence-corrected chi connectivity index (χ3v) is 5.49. The Kier molecular flexibility index (Phi) is 4.80. The second-order valence-corrected chi connectivity index (χ2v) is 7.81. The van der Waals surface area contributed by atoms with E-state index in [0.29, 0.717) is 0 Å². The molecule has 0 atom stereocenters. The highest BCUT2D eigenvalue weighted by atomic mass is 35.5. The van der Waals surface area contributed by atoms with Crippen molar-refractivity contribution in [2.45, 2.75) is 24.8 Å². The van der Waals surface area contributed by atoms with E-state index in [1.807, 2.05) is 30.5 Å². The van der Waals surface area contributed by atoms with E-state index in [-0.39, 0.29) is 5.41 Å². The van der Waals surface area contributed by atoms with Crippen LogP contribution in [0.15, 0.2) is 72.9 Å². The van der Waals surface area contributed by atoms with Crippen molar-refractivity contribution in [2.24, 2.45) is 0 Å². The summed E-state index contributed by atoms with van der Waals surface area (Å²) in [6.45, 7) is 2.06. The highest BCUT2D eigenvalue weighted by Crippen LogP contribution is 2.49. The van der Waals surface area contributed by atoms with Crippen LogP contribution in [-0.2, 0) is 12.0 Å². The molecular formula is C23H23ClN2. The molecule has 0 amide bonds. The molecule has 4 rings (SSSR count). The van der Waals surface area contributed by atoms with Crippen molar-refractivity contribution in [3.8, 4) is 11.3 Å². The molecule has 1 saturated carbocycles. The predicted molar refractivity (Wildman–Crippen MR) is 108 cm³/mol. The third kappa shape index (κ3) is 3.82. The van der Waals surface area contributed by atoms with Gasteiger partial charge in [-0.2, -0.15) is 0 Å². The molecule has 0 spiro atoms. The number of nitrogens with zero attached hydrogens (tertiary/aromatic N) is 2. The molecule has 0 unspecified atom stereocenters. The van der Waals surface area contributed by atoms with Gasteiger partial charge in [0.25, 0.3) is 0 Å². The van der Waals surface area contributed by atoms with Crippen LogP contribution >= 0.6 is 11.6 Å². The molecule has 0 N–H and O–H groups in total. The summed E-state index contributed by atoms with van der Waals surface area (Å²) in [7, 11) is 2.22. The monoisotopic (exact) mass is 362 g/mol. The molecule has 1 aromatic heterocycles. The lowest BCUT2D eigenvalue weighted by Crippen LogP contribution is -2.29. The number of aromatic nitrogens is 1. The fourth-order valence-corrected chi connectivity index (χ4v) is 3.82. The summed E-state index contributed by atoms with van der Waals surface area (Å²) in [5.74, 6) is 0. The number of pyridine rings is 1. The van der Waals surface area contributed by atoms with Crippen LogP contribution in [0, 0.1) is 0 Å². The average molecular weight is 363 g/mol. The van der Waals surface area contributed by atoms with Crippen molar-refractivity contribution in [2.75, 3.05) is 13.6 Å². The normalized spacial score (nSPS) is 15.2. The van der Waals surface area contributed by atoms with Crippen molar-refractivity contribution in [1.82, 2.24) is 9.88 Å². The first-order chi connectivity index (χ1) is 12.6. The van der Waals surface area contributed by atoms with Crippen LogP contribution < -0.4 is 0 Å². The van der Waals surface area contributed by atoms with Crippen LogP contribution in [0.4, 0.5) is 0 Å². The van der Waals surface area contributed by atoms with Crippen LogP contribution in [0.5, 0.6) is 0 Å². The van der Waals surface area contributed by atoms with Crippen molar-refractivity contribution in [3.05, 3.63) is 89.1 Å². The molecule has 0 bridgehead atoms. The Morgan fingerprint density at radius 2 is 1.73 bits per heavy atom. The van der Waals surface area contributed by atoms with Crippen LogP contribution in [-0.4, -0.2) is 23.5 Å². The number of hydrogen-bond donors (Lipinski definition) is 0. The lowest BCUT2D eigenvalue weighted by molar-refractivity contribution is 0.294. The highest BCUT2D eigenvalue weighted by molar-refractivity contribution is 6.30.